The molecular weight excluding hydrogens is 557 g/mol. The normalized spacial score (nSPS) is 12.2. The van der Waals surface area contributed by atoms with E-state index >= 15 is 0 Å². The minimum absolute atomic E-state index is 0.0652. The molecule has 3 aromatic carbocycles. The van der Waals surface area contributed by atoms with Crippen LogP contribution in [0.3, 0.4) is 0 Å². The molecule has 0 aliphatic rings. The molecule has 1 atom stereocenters. The van der Waals surface area contributed by atoms with Gasteiger partial charge in [-0.2, -0.15) is 5.09 Å². The summed E-state index contributed by atoms with van der Waals surface area (Å²) in [5.41, 5.74) is -0.136. The Hall–Kier alpha value is -4.93. The maximum absolute atomic E-state index is 13.7. The molecule has 0 saturated heterocycles. The average Bonchev–Trinajstić information content (AvgIpc) is 2.91. The molecule has 0 saturated carbocycles. The standard InChI is InChI=1S/C28H24NO11P/c1-17(30)36-20-11-9-19(10-12-20)24-15-23(32)28-25(37-18(2)31)13-22(14-26(28)38-24)40-41(34,29-16-27(33)35-3)39-21-7-5-4-6-8-21/h4-15H,16H2,1-3H3,(H,29,34). The summed E-state index contributed by atoms with van der Waals surface area (Å²) in [5.74, 6) is -1.75. The molecule has 0 amide bonds. The number of nitrogens with one attached hydrogen (secondary N) is 1. The molecule has 1 aromatic heterocycles. The van der Waals surface area contributed by atoms with Gasteiger partial charge in [-0.25, -0.2) is 4.57 Å². The lowest BCUT2D eigenvalue weighted by molar-refractivity contribution is -0.139. The van der Waals surface area contributed by atoms with Gasteiger partial charge in [-0.3, -0.25) is 19.2 Å². The van der Waals surface area contributed by atoms with Crippen LogP contribution < -0.4 is 29.0 Å². The number of carbonyl (C=O) groups is 3. The van der Waals surface area contributed by atoms with Crippen LogP contribution in [0.25, 0.3) is 22.3 Å². The van der Waals surface area contributed by atoms with E-state index in [1.165, 1.54) is 49.4 Å². The topological polar surface area (TPSA) is 157 Å². The second-order valence-electron chi connectivity index (χ2n) is 8.39. The van der Waals surface area contributed by atoms with Crippen LogP contribution in [0, 0.1) is 0 Å². The van der Waals surface area contributed by atoms with Crippen molar-refractivity contribution in [1.29, 1.82) is 0 Å². The summed E-state index contributed by atoms with van der Waals surface area (Å²) in [7, 11) is -3.16. The average molecular weight is 581 g/mol. The first-order chi connectivity index (χ1) is 19.5. The smallest absolute Gasteiger partial charge is 0.468 e. The molecule has 0 aliphatic carbocycles. The molecule has 1 N–H and O–H groups in total. The van der Waals surface area contributed by atoms with Gasteiger partial charge in [-0.1, -0.05) is 18.2 Å². The highest BCUT2D eigenvalue weighted by atomic mass is 31.2. The number of hydrogen-bond acceptors (Lipinski definition) is 11. The third-order valence-electron chi connectivity index (χ3n) is 5.26. The predicted molar refractivity (Wildman–Crippen MR) is 146 cm³/mol. The van der Waals surface area contributed by atoms with Crippen LogP contribution in [0.5, 0.6) is 23.0 Å². The van der Waals surface area contributed by atoms with Crippen LogP contribution in [0.2, 0.25) is 0 Å². The van der Waals surface area contributed by atoms with Crippen LogP contribution in [0.15, 0.2) is 82.0 Å². The van der Waals surface area contributed by atoms with E-state index < -0.39 is 37.6 Å². The Morgan fingerprint density at radius 2 is 1.49 bits per heavy atom. The molecular formula is C28H24NO11P. The zero-order valence-electron chi connectivity index (χ0n) is 22.1. The molecule has 0 fully saturated rings. The van der Waals surface area contributed by atoms with Crippen molar-refractivity contribution in [2.45, 2.75) is 13.8 Å². The zero-order chi connectivity index (χ0) is 29.6. The van der Waals surface area contributed by atoms with Crippen LogP contribution in [-0.4, -0.2) is 31.6 Å². The highest BCUT2D eigenvalue weighted by Gasteiger charge is 2.30. The molecule has 0 spiro atoms. The van der Waals surface area contributed by atoms with Gasteiger partial charge >= 0.3 is 25.7 Å². The highest BCUT2D eigenvalue weighted by Crippen LogP contribution is 2.46. The third kappa shape index (κ3) is 7.59. The summed E-state index contributed by atoms with van der Waals surface area (Å²) in [6, 6.07) is 17.9. The molecule has 0 radical (unpaired) electrons. The first kappa shape index (κ1) is 29.1. The van der Waals surface area contributed by atoms with Crippen LogP contribution in [-0.2, 0) is 23.7 Å². The van der Waals surface area contributed by atoms with E-state index in [2.05, 4.69) is 9.82 Å². The van der Waals surface area contributed by atoms with Gasteiger partial charge in [0.1, 0.15) is 46.3 Å². The minimum Gasteiger partial charge on any atom is -0.468 e. The first-order valence-corrected chi connectivity index (χ1v) is 13.5. The number of fused-ring (bicyclic) bond motifs is 1. The van der Waals surface area contributed by atoms with E-state index in [0.29, 0.717) is 11.3 Å². The van der Waals surface area contributed by atoms with Gasteiger partial charge in [0.15, 0.2) is 5.43 Å². The lowest BCUT2D eigenvalue weighted by Gasteiger charge is -2.20. The Kier molecular flexibility index (Phi) is 8.86. The van der Waals surface area contributed by atoms with Crippen molar-refractivity contribution in [2.24, 2.45) is 0 Å². The summed E-state index contributed by atoms with van der Waals surface area (Å²) in [4.78, 5) is 47.9. The first-order valence-electron chi connectivity index (χ1n) is 12.0. The van der Waals surface area contributed by atoms with Crippen molar-refractivity contribution in [3.05, 3.63) is 83.0 Å². The SMILES string of the molecule is COC(=O)CNP(=O)(Oc1ccccc1)Oc1cc(OC(C)=O)c2c(=O)cc(-c3ccc(OC(C)=O)cc3)oc2c1. The van der Waals surface area contributed by atoms with Gasteiger partial charge in [0, 0.05) is 37.6 Å². The molecule has 4 rings (SSSR count). The Morgan fingerprint density at radius 3 is 2.12 bits per heavy atom. The van der Waals surface area contributed by atoms with Crippen LogP contribution in [0.1, 0.15) is 13.8 Å². The van der Waals surface area contributed by atoms with Crippen molar-refractivity contribution >= 4 is 36.6 Å². The number of esters is 3. The summed E-state index contributed by atoms with van der Waals surface area (Å²) in [6.07, 6.45) is 0. The van der Waals surface area contributed by atoms with E-state index in [9.17, 15) is 23.7 Å². The summed E-state index contributed by atoms with van der Waals surface area (Å²) in [6.45, 7) is 1.89. The van der Waals surface area contributed by atoms with Crippen molar-refractivity contribution in [1.82, 2.24) is 5.09 Å². The van der Waals surface area contributed by atoms with Gasteiger partial charge in [0.05, 0.1) is 7.11 Å². The summed E-state index contributed by atoms with van der Waals surface area (Å²) < 4.78 is 45.8. The van der Waals surface area contributed by atoms with E-state index in [0.717, 1.165) is 14.0 Å². The number of hydrogen-bond donors (Lipinski definition) is 1. The van der Waals surface area contributed by atoms with Crippen LogP contribution >= 0.6 is 7.75 Å². The second kappa shape index (κ2) is 12.5. The largest absolute Gasteiger partial charge is 0.513 e. The Labute approximate surface area is 233 Å². The van der Waals surface area contributed by atoms with Crippen LogP contribution in [0.4, 0.5) is 0 Å². The zero-order valence-corrected chi connectivity index (χ0v) is 23.0. The summed E-state index contributed by atoms with van der Waals surface area (Å²) >= 11 is 0. The van der Waals surface area contributed by atoms with E-state index in [1.54, 1.807) is 30.3 Å². The fourth-order valence-electron chi connectivity index (χ4n) is 3.59. The van der Waals surface area contributed by atoms with Gasteiger partial charge < -0.3 is 27.7 Å². The molecule has 1 unspecified atom stereocenters. The molecule has 4 aromatic rings. The molecule has 0 aliphatic heterocycles. The number of carbonyl (C=O) groups excluding carboxylic acids is 3. The van der Waals surface area contributed by atoms with Gasteiger partial charge in [0.2, 0.25) is 0 Å². The van der Waals surface area contributed by atoms with Crippen molar-refractivity contribution in [3.8, 4) is 34.3 Å². The van der Waals surface area contributed by atoms with Gasteiger partial charge in [0.25, 0.3) is 0 Å². The maximum atomic E-state index is 13.7. The van der Waals surface area contributed by atoms with Gasteiger partial charge in [-0.15, -0.1) is 0 Å². The summed E-state index contributed by atoms with van der Waals surface area (Å²) in [5, 5.41) is 2.35. The molecule has 0 bridgehead atoms. The number of para-hydroxylation sites is 1. The molecule has 212 valence electrons. The van der Waals surface area contributed by atoms with Crippen molar-refractivity contribution in [2.75, 3.05) is 13.7 Å². The predicted octanol–water partition coefficient (Wildman–Crippen LogP) is 4.64. The maximum Gasteiger partial charge on any atom is 0.513 e. The third-order valence-corrected chi connectivity index (χ3v) is 6.71. The quantitative estimate of drug-likeness (QED) is 0.157. The second-order valence-corrected chi connectivity index (χ2v) is 10.1. The number of methoxy groups -OCH3 is 1. The lowest BCUT2D eigenvalue weighted by atomic mass is 10.1. The van der Waals surface area contributed by atoms with E-state index in [1.807, 2.05) is 0 Å². The number of rotatable bonds is 10. The van der Waals surface area contributed by atoms with E-state index in [-0.39, 0.29) is 34.0 Å². The van der Waals surface area contributed by atoms with Crippen molar-refractivity contribution in [3.63, 3.8) is 0 Å². The monoisotopic (exact) mass is 581 g/mol. The fourth-order valence-corrected chi connectivity index (χ4v) is 4.86. The van der Waals surface area contributed by atoms with Crippen molar-refractivity contribution < 1.29 is 46.6 Å². The molecule has 41 heavy (non-hydrogen) atoms. The van der Waals surface area contributed by atoms with E-state index in [4.69, 9.17) is 22.9 Å². The lowest BCUT2D eigenvalue weighted by Crippen LogP contribution is -2.26. The molecule has 13 heteroatoms. The molecule has 12 nitrogen and oxygen atoms in total. The fraction of sp³-hybridized carbons (Fsp3) is 0.143. The Morgan fingerprint density at radius 1 is 0.829 bits per heavy atom. The number of ether oxygens (including phenoxy) is 3. The van der Waals surface area contributed by atoms with Gasteiger partial charge in [-0.05, 0) is 36.4 Å². The highest BCUT2D eigenvalue weighted by molar-refractivity contribution is 7.52. The number of benzene rings is 3. The Balaban J connectivity index is 1.78. The molecule has 1 heterocycles. The minimum atomic E-state index is -4.31. The Bertz CT molecular complexity index is 1700.